The van der Waals surface area contributed by atoms with E-state index in [4.69, 9.17) is 0 Å². The lowest BCUT2D eigenvalue weighted by atomic mass is 10.0. The molecule has 0 aliphatic heterocycles. The first-order valence-electron chi connectivity index (χ1n) is 9.25. The minimum Gasteiger partial charge on any atom is -0.351 e. The second-order valence-corrected chi connectivity index (χ2v) is 7.65. The zero-order valence-electron chi connectivity index (χ0n) is 13.8. The van der Waals surface area contributed by atoms with Gasteiger partial charge in [-0.05, 0) is 50.0 Å². The molecule has 3 aliphatic rings. The number of hydrogen-bond acceptors (Lipinski definition) is 5. The first kappa shape index (κ1) is 14.3. The van der Waals surface area contributed by atoms with Crippen LogP contribution in [0.1, 0.15) is 56.6 Å². The number of aromatic nitrogens is 4. The van der Waals surface area contributed by atoms with Crippen molar-refractivity contribution in [1.82, 2.24) is 20.2 Å². The molecule has 0 radical (unpaired) electrons. The van der Waals surface area contributed by atoms with Crippen molar-refractivity contribution in [3.8, 4) is 0 Å². The van der Waals surface area contributed by atoms with Gasteiger partial charge < -0.3 is 10.6 Å². The van der Waals surface area contributed by atoms with E-state index in [0.29, 0.717) is 12.0 Å². The molecule has 2 atom stereocenters. The number of nitrogens with one attached hydrogen (secondary N) is 3. The number of aromatic amines is 1. The Hall–Kier alpha value is -2.11. The summed E-state index contributed by atoms with van der Waals surface area (Å²) in [4.78, 5) is 8.95. The lowest BCUT2D eigenvalue weighted by molar-refractivity contribution is 0.646. The van der Waals surface area contributed by atoms with Crippen molar-refractivity contribution < 1.29 is 0 Å². The lowest BCUT2D eigenvalue weighted by Gasteiger charge is -2.14. The van der Waals surface area contributed by atoms with Gasteiger partial charge in [0, 0.05) is 29.9 Å². The van der Waals surface area contributed by atoms with E-state index >= 15 is 0 Å². The number of nitrogens with zero attached hydrogens (tertiary/aromatic N) is 3. The van der Waals surface area contributed by atoms with Crippen molar-refractivity contribution in [2.75, 3.05) is 10.6 Å². The number of anilines is 3. The molecule has 2 heterocycles. The van der Waals surface area contributed by atoms with Gasteiger partial charge in [0.05, 0.1) is 0 Å². The molecule has 3 saturated carbocycles. The molecule has 2 aromatic rings. The fraction of sp³-hybridized carbons (Fsp3) is 0.611. The van der Waals surface area contributed by atoms with Gasteiger partial charge >= 0.3 is 0 Å². The van der Waals surface area contributed by atoms with Gasteiger partial charge in [0.15, 0.2) is 5.82 Å². The van der Waals surface area contributed by atoms with E-state index in [1.165, 1.54) is 50.6 Å². The monoisotopic (exact) mass is 324 g/mol. The molecule has 6 heteroatoms. The molecule has 3 aliphatic carbocycles. The molecule has 5 rings (SSSR count). The van der Waals surface area contributed by atoms with Crippen molar-refractivity contribution in [2.45, 2.75) is 56.9 Å². The fourth-order valence-corrected chi connectivity index (χ4v) is 4.49. The van der Waals surface area contributed by atoms with Crippen molar-refractivity contribution in [1.29, 1.82) is 0 Å². The molecule has 24 heavy (non-hydrogen) atoms. The van der Waals surface area contributed by atoms with E-state index in [9.17, 15) is 0 Å². The third kappa shape index (κ3) is 2.85. The molecular weight excluding hydrogens is 300 g/mol. The van der Waals surface area contributed by atoms with E-state index in [1.54, 1.807) is 6.20 Å². The highest BCUT2D eigenvalue weighted by molar-refractivity contribution is 5.53. The Morgan fingerprint density at radius 3 is 2.71 bits per heavy atom. The van der Waals surface area contributed by atoms with Gasteiger partial charge in [0.1, 0.15) is 5.82 Å². The Kier molecular flexibility index (Phi) is 3.42. The first-order valence-corrected chi connectivity index (χ1v) is 9.25. The van der Waals surface area contributed by atoms with Gasteiger partial charge in [-0.1, -0.05) is 12.8 Å². The summed E-state index contributed by atoms with van der Waals surface area (Å²) in [6, 6.07) is 4.56. The summed E-state index contributed by atoms with van der Waals surface area (Å²) >= 11 is 0. The number of H-pyrrole nitrogens is 1. The van der Waals surface area contributed by atoms with Crippen LogP contribution in [-0.2, 0) is 0 Å². The Bertz CT molecular complexity index is 710. The van der Waals surface area contributed by atoms with Crippen LogP contribution in [0.4, 0.5) is 17.6 Å². The third-order valence-electron chi connectivity index (χ3n) is 5.88. The average molecular weight is 324 g/mol. The highest BCUT2D eigenvalue weighted by Gasteiger charge is 2.45. The fourth-order valence-electron chi connectivity index (χ4n) is 4.49. The van der Waals surface area contributed by atoms with Crippen molar-refractivity contribution in [3.05, 3.63) is 24.0 Å². The molecule has 0 bridgehead atoms. The number of hydrogen-bond donors (Lipinski definition) is 3. The minimum atomic E-state index is 0.545. The Morgan fingerprint density at radius 1 is 1.04 bits per heavy atom. The summed E-state index contributed by atoms with van der Waals surface area (Å²) in [5.41, 5.74) is 1.24. The van der Waals surface area contributed by atoms with Gasteiger partial charge in [-0.3, -0.25) is 5.10 Å². The zero-order chi connectivity index (χ0) is 15.9. The SMILES string of the molecule is c1cc(Nc2cc(C3CCCC3)[nH]n2)nc(NC2CC3CC3C2)n1. The smallest absolute Gasteiger partial charge is 0.224 e. The summed E-state index contributed by atoms with van der Waals surface area (Å²) in [5.74, 6) is 4.91. The summed E-state index contributed by atoms with van der Waals surface area (Å²) in [6.07, 6.45) is 11.0. The second-order valence-electron chi connectivity index (χ2n) is 7.65. The quantitative estimate of drug-likeness (QED) is 0.779. The van der Waals surface area contributed by atoms with Crippen LogP contribution in [0.25, 0.3) is 0 Å². The topological polar surface area (TPSA) is 78.5 Å². The average Bonchev–Trinajstić information content (AvgIpc) is 3.04. The summed E-state index contributed by atoms with van der Waals surface area (Å²) in [6.45, 7) is 0. The molecule has 0 aromatic carbocycles. The van der Waals surface area contributed by atoms with Crippen molar-refractivity contribution >= 4 is 17.6 Å². The van der Waals surface area contributed by atoms with Gasteiger partial charge in [-0.25, -0.2) is 4.98 Å². The maximum absolute atomic E-state index is 4.59. The van der Waals surface area contributed by atoms with Crippen LogP contribution in [0.15, 0.2) is 18.3 Å². The van der Waals surface area contributed by atoms with Crippen LogP contribution in [0.2, 0.25) is 0 Å². The molecule has 6 nitrogen and oxygen atoms in total. The maximum atomic E-state index is 4.59. The highest BCUT2D eigenvalue weighted by atomic mass is 15.2. The van der Waals surface area contributed by atoms with Gasteiger partial charge in [0.2, 0.25) is 5.95 Å². The van der Waals surface area contributed by atoms with Crippen LogP contribution >= 0.6 is 0 Å². The van der Waals surface area contributed by atoms with E-state index < -0.39 is 0 Å². The van der Waals surface area contributed by atoms with Crippen LogP contribution in [-0.4, -0.2) is 26.2 Å². The first-order chi connectivity index (χ1) is 11.8. The summed E-state index contributed by atoms with van der Waals surface area (Å²) in [7, 11) is 0. The third-order valence-corrected chi connectivity index (χ3v) is 5.88. The summed E-state index contributed by atoms with van der Waals surface area (Å²) in [5, 5.41) is 14.4. The van der Waals surface area contributed by atoms with E-state index in [-0.39, 0.29) is 0 Å². The zero-order valence-corrected chi connectivity index (χ0v) is 13.8. The van der Waals surface area contributed by atoms with Crippen molar-refractivity contribution in [2.24, 2.45) is 11.8 Å². The molecule has 0 spiro atoms. The molecule has 3 N–H and O–H groups in total. The van der Waals surface area contributed by atoms with E-state index in [1.807, 2.05) is 6.07 Å². The van der Waals surface area contributed by atoms with Crippen molar-refractivity contribution in [3.63, 3.8) is 0 Å². The standard InChI is InChI=1S/C18H24N6/c1-2-4-11(3-1)15-10-17(24-23-15)21-16-5-6-19-18(22-16)20-14-8-12-7-13(12)9-14/h5-6,10-14H,1-4,7-9H2,(H3,19,20,21,22,23,24). The Balaban J connectivity index is 1.24. The molecule has 2 unspecified atom stereocenters. The van der Waals surface area contributed by atoms with E-state index in [0.717, 1.165) is 29.4 Å². The molecule has 126 valence electrons. The van der Waals surface area contributed by atoms with Crippen LogP contribution in [0.3, 0.4) is 0 Å². The number of fused-ring (bicyclic) bond motifs is 1. The highest BCUT2D eigenvalue weighted by Crippen LogP contribution is 2.52. The maximum Gasteiger partial charge on any atom is 0.224 e. The minimum absolute atomic E-state index is 0.545. The van der Waals surface area contributed by atoms with Gasteiger partial charge in [-0.2, -0.15) is 10.1 Å². The van der Waals surface area contributed by atoms with Crippen LogP contribution < -0.4 is 10.6 Å². The largest absolute Gasteiger partial charge is 0.351 e. The van der Waals surface area contributed by atoms with Gasteiger partial charge in [-0.15, -0.1) is 0 Å². The number of rotatable bonds is 5. The second kappa shape index (κ2) is 5.76. The molecule has 0 amide bonds. The Labute approximate surface area is 141 Å². The van der Waals surface area contributed by atoms with Crippen LogP contribution in [0.5, 0.6) is 0 Å². The van der Waals surface area contributed by atoms with Crippen LogP contribution in [0, 0.1) is 11.8 Å². The molecule has 3 fully saturated rings. The van der Waals surface area contributed by atoms with E-state index in [2.05, 4.69) is 36.9 Å². The summed E-state index contributed by atoms with van der Waals surface area (Å²) < 4.78 is 0. The molecule has 0 saturated heterocycles. The Morgan fingerprint density at radius 2 is 1.88 bits per heavy atom. The predicted octanol–water partition coefficient (Wildman–Crippen LogP) is 3.81. The predicted molar refractivity (Wildman–Crippen MR) is 93.4 cm³/mol. The molecular formula is C18H24N6. The van der Waals surface area contributed by atoms with Gasteiger partial charge in [0.25, 0.3) is 0 Å². The normalized spacial score (nSPS) is 28.8. The molecule has 2 aromatic heterocycles. The lowest BCUT2D eigenvalue weighted by Crippen LogP contribution is -2.18.